The van der Waals surface area contributed by atoms with Crippen LogP contribution in [0.5, 0.6) is 0 Å². The molecule has 1 aromatic heterocycles. The van der Waals surface area contributed by atoms with E-state index >= 15 is 0 Å². The minimum atomic E-state index is -0.0354. The Labute approximate surface area is 87.4 Å². The zero-order valence-electron chi connectivity index (χ0n) is 8.56. The van der Waals surface area contributed by atoms with Crippen LogP contribution in [0.4, 0.5) is 0 Å². The number of carbonyl (C=O) groups is 1. The summed E-state index contributed by atoms with van der Waals surface area (Å²) < 4.78 is 4.97. The zero-order valence-corrected chi connectivity index (χ0v) is 8.56. The van der Waals surface area contributed by atoms with E-state index in [4.69, 9.17) is 4.52 Å². The second-order valence-corrected chi connectivity index (χ2v) is 4.32. The highest BCUT2D eigenvalue weighted by Gasteiger charge is 2.41. The van der Waals surface area contributed by atoms with Gasteiger partial charge in [-0.05, 0) is 6.92 Å². The highest BCUT2D eigenvalue weighted by Crippen LogP contribution is 2.24. The molecule has 0 aliphatic carbocycles. The van der Waals surface area contributed by atoms with E-state index in [2.05, 4.69) is 10.5 Å². The monoisotopic (exact) mass is 207 g/mol. The van der Waals surface area contributed by atoms with Gasteiger partial charge >= 0.3 is 0 Å². The molecule has 0 spiro atoms. The van der Waals surface area contributed by atoms with E-state index < -0.39 is 0 Å². The number of likely N-dealkylation sites (tertiary alicyclic amines) is 1. The van der Waals surface area contributed by atoms with Gasteiger partial charge in [-0.25, -0.2) is 0 Å². The fourth-order valence-corrected chi connectivity index (χ4v) is 2.24. The van der Waals surface area contributed by atoms with Crippen LogP contribution in [0.3, 0.4) is 0 Å². The molecule has 2 aliphatic heterocycles. The van der Waals surface area contributed by atoms with Crippen LogP contribution in [0.2, 0.25) is 0 Å². The van der Waals surface area contributed by atoms with Gasteiger partial charge in [0, 0.05) is 37.7 Å². The van der Waals surface area contributed by atoms with Crippen LogP contribution in [0.15, 0.2) is 10.6 Å². The second-order valence-electron chi connectivity index (χ2n) is 4.32. The Morgan fingerprint density at radius 2 is 2.53 bits per heavy atom. The first-order valence-corrected chi connectivity index (χ1v) is 5.20. The zero-order chi connectivity index (χ0) is 10.4. The predicted molar refractivity (Wildman–Crippen MR) is 52.4 cm³/mol. The molecular weight excluding hydrogens is 194 g/mol. The van der Waals surface area contributed by atoms with Crippen LogP contribution >= 0.6 is 0 Å². The Kier molecular flexibility index (Phi) is 1.82. The number of carbonyl (C=O) groups excluding carboxylic acids is 1. The number of fused-ring (bicyclic) bond motifs is 1. The van der Waals surface area contributed by atoms with Crippen LogP contribution in [0.25, 0.3) is 0 Å². The summed E-state index contributed by atoms with van der Waals surface area (Å²) in [7, 11) is 0. The summed E-state index contributed by atoms with van der Waals surface area (Å²) in [4.78, 5) is 13.8. The van der Waals surface area contributed by atoms with E-state index in [0.717, 1.165) is 25.3 Å². The van der Waals surface area contributed by atoms with Crippen LogP contribution in [-0.2, 0) is 0 Å². The van der Waals surface area contributed by atoms with E-state index in [1.54, 1.807) is 6.07 Å². The molecule has 80 valence electrons. The molecule has 0 saturated carbocycles. The Morgan fingerprint density at radius 1 is 1.67 bits per heavy atom. The number of hydrogen-bond donors (Lipinski definition) is 1. The lowest BCUT2D eigenvalue weighted by Crippen LogP contribution is -2.51. The third-order valence-electron chi connectivity index (χ3n) is 3.21. The van der Waals surface area contributed by atoms with Gasteiger partial charge in [-0.3, -0.25) is 4.79 Å². The summed E-state index contributed by atoms with van der Waals surface area (Å²) in [5, 5.41) is 7.03. The standard InChI is InChI=1S/C10H13N3O2/c1-6-2-9(15-12-6)10(14)13-4-7-3-11-8(7)5-13/h2,7-8,11H,3-5H2,1H3. The number of aryl methyl sites for hydroxylation is 1. The molecule has 2 atom stereocenters. The molecular formula is C10H13N3O2. The molecule has 0 aromatic carbocycles. The molecule has 15 heavy (non-hydrogen) atoms. The van der Waals surface area contributed by atoms with E-state index in [1.807, 2.05) is 11.8 Å². The Bertz CT molecular complexity index is 389. The van der Waals surface area contributed by atoms with E-state index in [-0.39, 0.29) is 5.91 Å². The quantitative estimate of drug-likeness (QED) is 0.705. The summed E-state index contributed by atoms with van der Waals surface area (Å²) in [5.74, 6) is 0.957. The van der Waals surface area contributed by atoms with Crippen molar-refractivity contribution in [3.8, 4) is 0 Å². The predicted octanol–water partition coefficient (Wildman–Crippen LogP) is 0.0268. The first-order valence-electron chi connectivity index (χ1n) is 5.20. The van der Waals surface area contributed by atoms with Crippen molar-refractivity contribution in [1.82, 2.24) is 15.4 Å². The van der Waals surface area contributed by atoms with Crippen molar-refractivity contribution in [3.05, 3.63) is 17.5 Å². The van der Waals surface area contributed by atoms with Crippen LogP contribution in [0.1, 0.15) is 16.2 Å². The lowest BCUT2D eigenvalue weighted by atomic mass is 9.96. The highest BCUT2D eigenvalue weighted by atomic mass is 16.5. The number of nitrogens with one attached hydrogen (secondary N) is 1. The van der Waals surface area contributed by atoms with Crippen molar-refractivity contribution in [1.29, 1.82) is 0 Å². The first kappa shape index (κ1) is 8.91. The maximum absolute atomic E-state index is 11.9. The molecule has 3 rings (SSSR count). The maximum atomic E-state index is 11.9. The third-order valence-corrected chi connectivity index (χ3v) is 3.21. The Balaban J connectivity index is 1.75. The third kappa shape index (κ3) is 1.34. The van der Waals surface area contributed by atoms with E-state index in [1.165, 1.54) is 0 Å². The normalized spacial score (nSPS) is 28.7. The van der Waals surface area contributed by atoms with Crippen LogP contribution in [0, 0.1) is 12.8 Å². The Hall–Kier alpha value is -1.36. The highest BCUT2D eigenvalue weighted by molar-refractivity contribution is 5.91. The molecule has 2 aliphatic rings. The smallest absolute Gasteiger partial charge is 0.292 e. The lowest BCUT2D eigenvalue weighted by molar-refractivity contribution is 0.0747. The van der Waals surface area contributed by atoms with Gasteiger partial charge in [-0.2, -0.15) is 0 Å². The average Bonchev–Trinajstić information content (AvgIpc) is 2.72. The number of nitrogens with zero attached hydrogens (tertiary/aromatic N) is 2. The molecule has 3 heterocycles. The summed E-state index contributed by atoms with van der Waals surface area (Å²) >= 11 is 0. The topological polar surface area (TPSA) is 58.4 Å². The average molecular weight is 207 g/mol. The van der Waals surface area contributed by atoms with Gasteiger partial charge in [0.15, 0.2) is 0 Å². The van der Waals surface area contributed by atoms with Crippen molar-refractivity contribution in [2.75, 3.05) is 19.6 Å². The van der Waals surface area contributed by atoms with Gasteiger partial charge in [0.1, 0.15) is 0 Å². The van der Waals surface area contributed by atoms with Crippen LogP contribution < -0.4 is 5.32 Å². The summed E-state index contributed by atoms with van der Waals surface area (Å²) in [6.07, 6.45) is 0. The van der Waals surface area contributed by atoms with E-state index in [9.17, 15) is 4.79 Å². The minimum Gasteiger partial charge on any atom is -0.351 e. The van der Waals surface area contributed by atoms with Crippen molar-refractivity contribution in [2.45, 2.75) is 13.0 Å². The molecule has 1 aromatic rings. The van der Waals surface area contributed by atoms with Crippen molar-refractivity contribution >= 4 is 5.91 Å². The SMILES string of the molecule is Cc1cc(C(=O)N2CC3CNC3C2)on1. The van der Waals surface area contributed by atoms with Gasteiger partial charge in [0.25, 0.3) is 5.91 Å². The Morgan fingerprint density at radius 3 is 3.00 bits per heavy atom. The molecule has 5 heteroatoms. The van der Waals surface area contributed by atoms with Crippen molar-refractivity contribution in [2.24, 2.45) is 5.92 Å². The number of amides is 1. The molecule has 2 unspecified atom stereocenters. The molecule has 2 saturated heterocycles. The first-order chi connectivity index (χ1) is 7.24. The summed E-state index contributed by atoms with van der Waals surface area (Å²) in [6.45, 7) is 4.49. The fourth-order valence-electron chi connectivity index (χ4n) is 2.24. The van der Waals surface area contributed by atoms with Crippen LogP contribution in [-0.4, -0.2) is 41.6 Å². The van der Waals surface area contributed by atoms with Gasteiger partial charge < -0.3 is 14.7 Å². The van der Waals surface area contributed by atoms with Crippen molar-refractivity contribution in [3.63, 3.8) is 0 Å². The summed E-state index contributed by atoms with van der Waals surface area (Å²) in [5.41, 5.74) is 0.749. The number of aromatic nitrogens is 1. The van der Waals surface area contributed by atoms with Gasteiger partial charge in [0.05, 0.1) is 5.69 Å². The summed E-state index contributed by atoms with van der Waals surface area (Å²) in [6, 6.07) is 2.19. The van der Waals surface area contributed by atoms with Gasteiger partial charge in [0.2, 0.25) is 5.76 Å². The number of rotatable bonds is 1. The molecule has 5 nitrogen and oxygen atoms in total. The lowest BCUT2D eigenvalue weighted by Gasteiger charge is -2.29. The number of hydrogen-bond acceptors (Lipinski definition) is 4. The molecule has 1 N–H and O–H groups in total. The molecule has 1 amide bonds. The maximum Gasteiger partial charge on any atom is 0.292 e. The fraction of sp³-hybridized carbons (Fsp3) is 0.600. The molecule has 0 radical (unpaired) electrons. The van der Waals surface area contributed by atoms with Crippen molar-refractivity contribution < 1.29 is 9.32 Å². The molecule has 2 fully saturated rings. The van der Waals surface area contributed by atoms with E-state index in [0.29, 0.717) is 17.7 Å². The van der Waals surface area contributed by atoms with Gasteiger partial charge in [-0.15, -0.1) is 0 Å². The van der Waals surface area contributed by atoms with Gasteiger partial charge in [-0.1, -0.05) is 5.16 Å². The minimum absolute atomic E-state index is 0.0354. The second kappa shape index (κ2) is 3.06. The largest absolute Gasteiger partial charge is 0.351 e. The molecule has 0 bridgehead atoms.